The van der Waals surface area contributed by atoms with Crippen LogP contribution in [0.1, 0.15) is 11.1 Å². The molecule has 1 aromatic heterocycles. The molecule has 0 bridgehead atoms. The lowest BCUT2D eigenvalue weighted by Crippen LogP contribution is -2.36. The maximum Gasteiger partial charge on any atom is 0.262 e. The Morgan fingerprint density at radius 1 is 0.967 bits per heavy atom. The van der Waals surface area contributed by atoms with Gasteiger partial charge in [-0.2, -0.15) is 0 Å². The van der Waals surface area contributed by atoms with Crippen molar-refractivity contribution in [1.82, 2.24) is 10.2 Å². The number of nitrogens with one attached hydrogen (secondary N) is 1. The molecule has 2 heterocycles. The number of hydrogen-bond donors (Lipinski definition) is 1. The minimum Gasteiger partial charge on any atom is -0.378 e. The summed E-state index contributed by atoms with van der Waals surface area (Å²) < 4.78 is 33.7. The van der Waals surface area contributed by atoms with Crippen molar-refractivity contribution in [2.24, 2.45) is 0 Å². The Morgan fingerprint density at radius 2 is 1.77 bits per heavy atom. The Kier molecular flexibility index (Phi) is 5.69. The first-order valence-corrected chi connectivity index (χ1v) is 11.3. The summed E-state index contributed by atoms with van der Waals surface area (Å²) >= 11 is 0. The van der Waals surface area contributed by atoms with Gasteiger partial charge in [-0.05, 0) is 49.7 Å². The first-order valence-electron chi connectivity index (χ1n) is 9.79. The van der Waals surface area contributed by atoms with E-state index in [0.717, 1.165) is 30.0 Å². The van der Waals surface area contributed by atoms with E-state index in [-0.39, 0.29) is 4.90 Å². The van der Waals surface area contributed by atoms with Crippen LogP contribution < -0.4 is 9.62 Å². The highest BCUT2D eigenvalue weighted by Gasteiger charge is 2.17. The van der Waals surface area contributed by atoms with Crippen molar-refractivity contribution >= 4 is 21.5 Å². The fourth-order valence-electron chi connectivity index (χ4n) is 3.49. The molecule has 0 spiro atoms. The molecule has 3 aromatic rings. The molecule has 0 radical (unpaired) electrons. The lowest BCUT2D eigenvalue weighted by molar-refractivity contribution is 0.122. The van der Waals surface area contributed by atoms with Crippen LogP contribution in [0.5, 0.6) is 0 Å². The van der Waals surface area contributed by atoms with Crippen molar-refractivity contribution in [3.05, 3.63) is 65.7 Å². The molecule has 30 heavy (non-hydrogen) atoms. The van der Waals surface area contributed by atoms with Gasteiger partial charge in [-0.25, -0.2) is 8.42 Å². The van der Waals surface area contributed by atoms with Crippen LogP contribution in [0, 0.1) is 13.8 Å². The van der Waals surface area contributed by atoms with Gasteiger partial charge in [-0.1, -0.05) is 29.8 Å². The van der Waals surface area contributed by atoms with Crippen LogP contribution in [0.3, 0.4) is 0 Å². The maximum absolute atomic E-state index is 12.8. The van der Waals surface area contributed by atoms with E-state index in [4.69, 9.17) is 4.74 Å². The highest BCUT2D eigenvalue weighted by Crippen LogP contribution is 2.25. The minimum atomic E-state index is -3.69. The number of nitrogens with zero attached hydrogens (tertiary/aromatic N) is 3. The number of sulfonamides is 1. The van der Waals surface area contributed by atoms with E-state index in [9.17, 15) is 8.42 Å². The zero-order valence-corrected chi connectivity index (χ0v) is 17.8. The Hall–Kier alpha value is -2.97. The third-order valence-electron chi connectivity index (χ3n) is 5.02. The highest BCUT2D eigenvalue weighted by atomic mass is 32.2. The third-order valence-corrected chi connectivity index (χ3v) is 6.56. The summed E-state index contributed by atoms with van der Waals surface area (Å²) in [7, 11) is -3.69. The Balaban J connectivity index is 1.55. The molecule has 2 aromatic carbocycles. The first-order chi connectivity index (χ1) is 14.4. The topological polar surface area (TPSA) is 84.4 Å². The summed E-state index contributed by atoms with van der Waals surface area (Å²) in [4.78, 5) is 2.41. The predicted molar refractivity (Wildman–Crippen MR) is 117 cm³/mol. The molecule has 0 atom stereocenters. The number of aromatic nitrogens is 2. The molecule has 7 nitrogen and oxygen atoms in total. The van der Waals surface area contributed by atoms with Crippen LogP contribution in [0.25, 0.3) is 11.3 Å². The van der Waals surface area contributed by atoms with Crippen LogP contribution in [-0.4, -0.2) is 44.9 Å². The van der Waals surface area contributed by atoms with Crippen LogP contribution in [0.2, 0.25) is 0 Å². The van der Waals surface area contributed by atoms with Gasteiger partial charge < -0.3 is 9.64 Å². The van der Waals surface area contributed by atoms with E-state index in [1.165, 1.54) is 0 Å². The van der Waals surface area contributed by atoms with E-state index in [1.807, 2.05) is 31.2 Å². The molecule has 1 saturated heterocycles. The molecule has 1 aliphatic heterocycles. The summed E-state index contributed by atoms with van der Waals surface area (Å²) in [5, 5.41) is 8.67. The van der Waals surface area contributed by atoms with Crippen molar-refractivity contribution in [1.29, 1.82) is 0 Å². The molecule has 4 rings (SSSR count). The quantitative estimate of drug-likeness (QED) is 0.676. The van der Waals surface area contributed by atoms with Gasteiger partial charge in [0.05, 0.1) is 23.8 Å². The highest BCUT2D eigenvalue weighted by molar-refractivity contribution is 7.92. The number of rotatable bonds is 5. The van der Waals surface area contributed by atoms with Gasteiger partial charge in [0.15, 0.2) is 5.82 Å². The van der Waals surface area contributed by atoms with E-state index in [2.05, 4.69) is 19.8 Å². The lowest BCUT2D eigenvalue weighted by atomic mass is 10.1. The maximum atomic E-state index is 12.8. The van der Waals surface area contributed by atoms with Crippen molar-refractivity contribution in [3.63, 3.8) is 0 Å². The fraction of sp³-hybridized carbons (Fsp3) is 0.273. The molecule has 8 heteroatoms. The van der Waals surface area contributed by atoms with Crippen LogP contribution in [-0.2, 0) is 14.8 Å². The summed E-state index contributed by atoms with van der Waals surface area (Å²) in [5.41, 5.74) is 3.68. The summed E-state index contributed by atoms with van der Waals surface area (Å²) in [5.74, 6) is 0.814. The van der Waals surface area contributed by atoms with Gasteiger partial charge in [-0.15, -0.1) is 10.2 Å². The molecule has 0 unspecified atom stereocenters. The first kappa shape index (κ1) is 20.3. The molecular weight excluding hydrogens is 400 g/mol. The zero-order chi connectivity index (χ0) is 21.1. The van der Waals surface area contributed by atoms with E-state index in [1.54, 1.807) is 37.3 Å². The second kappa shape index (κ2) is 8.41. The number of anilines is 2. The van der Waals surface area contributed by atoms with E-state index in [0.29, 0.717) is 30.2 Å². The van der Waals surface area contributed by atoms with Gasteiger partial charge in [0.25, 0.3) is 10.0 Å². The molecule has 1 N–H and O–H groups in total. The minimum absolute atomic E-state index is 0.271. The summed E-state index contributed by atoms with van der Waals surface area (Å²) in [6, 6.07) is 16.3. The number of morpholine rings is 1. The number of aryl methyl sites for hydroxylation is 2. The third kappa shape index (κ3) is 4.44. The molecule has 1 fully saturated rings. The smallest absolute Gasteiger partial charge is 0.262 e. The summed E-state index contributed by atoms with van der Waals surface area (Å²) in [6.45, 7) is 6.70. The standard InChI is InChI=1S/C22H24N4O3S/c1-16-6-8-21(17(2)14-16)30(27,28)25-19-5-3-4-18(15-19)20-7-9-22(24-23-20)26-10-12-29-13-11-26/h3-9,14-15,25H,10-13H2,1-2H3. The van der Waals surface area contributed by atoms with Crippen LogP contribution >= 0.6 is 0 Å². The predicted octanol–water partition coefficient (Wildman–Crippen LogP) is 3.40. The van der Waals surface area contributed by atoms with Crippen LogP contribution in [0.4, 0.5) is 11.5 Å². The molecule has 0 saturated carbocycles. The molecule has 1 aliphatic rings. The lowest BCUT2D eigenvalue weighted by Gasteiger charge is -2.27. The van der Waals surface area contributed by atoms with Gasteiger partial charge in [0.2, 0.25) is 0 Å². The van der Waals surface area contributed by atoms with Crippen LogP contribution in [0.15, 0.2) is 59.5 Å². The average molecular weight is 425 g/mol. The zero-order valence-electron chi connectivity index (χ0n) is 17.0. The molecular formula is C22H24N4O3S. The molecule has 0 amide bonds. The van der Waals surface area contributed by atoms with E-state index >= 15 is 0 Å². The van der Waals surface area contributed by atoms with Gasteiger partial charge >= 0.3 is 0 Å². The van der Waals surface area contributed by atoms with Crippen molar-refractivity contribution in [2.45, 2.75) is 18.7 Å². The van der Waals surface area contributed by atoms with Gasteiger partial charge in [0, 0.05) is 24.3 Å². The number of hydrogen-bond acceptors (Lipinski definition) is 6. The Bertz CT molecular complexity index is 1140. The van der Waals surface area contributed by atoms with Crippen molar-refractivity contribution < 1.29 is 13.2 Å². The monoisotopic (exact) mass is 424 g/mol. The molecule has 0 aliphatic carbocycles. The number of ether oxygens (including phenoxy) is 1. The van der Waals surface area contributed by atoms with Crippen molar-refractivity contribution in [2.75, 3.05) is 35.9 Å². The Labute approximate surface area is 176 Å². The second-order valence-corrected chi connectivity index (χ2v) is 8.98. The average Bonchev–Trinajstić information content (AvgIpc) is 2.74. The van der Waals surface area contributed by atoms with E-state index < -0.39 is 10.0 Å². The summed E-state index contributed by atoms with van der Waals surface area (Å²) in [6.07, 6.45) is 0. The fourth-order valence-corrected chi connectivity index (χ4v) is 4.77. The SMILES string of the molecule is Cc1ccc(S(=O)(=O)Nc2cccc(-c3ccc(N4CCOCC4)nn3)c2)c(C)c1. The molecule has 156 valence electrons. The van der Waals surface area contributed by atoms with Gasteiger partial charge in [0.1, 0.15) is 0 Å². The second-order valence-electron chi connectivity index (χ2n) is 7.33. The Morgan fingerprint density at radius 3 is 2.47 bits per heavy atom. The van der Waals surface area contributed by atoms with Crippen molar-refractivity contribution in [3.8, 4) is 11.3 Å². The normalized spacial score (nSPS) is 14.5. The number of benzene rings is 2. The largest absolute Gasteiger partial charge is 0.378 e. The van der Waals surface area contributed by atoms with Gasteiger partial charge in [-0.3, -0.25) is 4.72 Å².